The van der Waals surface area contributed by atoms with Gasteiger partial charge in [0.1, 0.15) is 0 Å². The molecule has 5 rings (SSSR count). The summed E-state index contributed by atoms with van der Waals surface area (Å²) in [5.74, 6) is 1.01. The van der Waals surface area contributed by atoms with Crippen LogP contribution in [0.5, 0.6) is 0 Å². The number of benzene rings is 2. The van der Waals surface area contributed by atoms with E-state index >= 15 is 0 Å². The van der Waals surface area contributed by atoms with E-state index < -0.39 is 0 Å². The van der Waals surface area contributed by atoms with Crippen molar-refractivity contribution in [3.05, 3.63) is 70.7 Å². The molecule has 0 aromatic heterocycles. The highest BCUT2D eigenvalue weighted by Gasteiger charge is 2.40. The van der Waals surface area contributed by atoms with Gasteiger partial charge in [-0.25, -0.2) is 4.79 Å². The summed E-state index contributed by atoms with van der Waals surface area (Å²) in [4.78, 5) is 33.7. The normalized spacial score (nSPS) is 25.6. The summed E-state index contributed by atoms with van der Waals surface area (Å²) < 4.78 is 0. The third-order valence-corrected chi connectivity index (χ3v) is 10.4. The molecule has 1 saturated heterocycles. The molecule has 2 aliphatic carbocycles. The Morgan fingerprint density at radius 2 is 1.58 bits per heavy atom. The van der Waals surface area contributed by atoms with Crippen LogP contribution in [0.3, 0.4) is 0 Å². The van der Waals surface area contributed by atoms with Crippen molar-refractivity contribution in [2.24, 2.45) is 5.92 Å². The Morgan fingerprint density at radius 1 is 0.907 bits per heavy atom. The third-order valence-electron chi connectivity index (χ3n) is 10.2. The molecule has 3 atom stereocenters. The molecule has 234 valence electrons. The van der Waals surface area contributed by atoms with Gasteiger partial charge in [0.05, 0.1) is 6.04 Å². The number of halogens is 1. The Morgan fingerprint density at radius 3 is 2.21 bits per heavy atom. The van der Waals surface area contributed by atoms with E-state index in [4.69, 9.17) is 11.6 Å². The largest absolute Gasteiger partial charge is 0.341 e. The van der Waals surface area contributed by atoms with Crippen molar-refractivity contribution in [2.45, 2.75) is 108 Å². The second-order valence-electron chi connectivity index (χ2n) is 13.5. The molecule has 0 bridgehead atoms. The predicted octanol–water partition coefficient (Wildman–Crippen LogP) is 7.12. The van der Waals surface area contributed by atoms with E-state index in [0.717, 1.165) is 50.5 Å². The van der Waals surface area contributed by atoms with Crippen LogP contribution in [0.4, 0.5) is 4.79 Å². The number of carbonyl (C=O) groups is 2. The number of hydrogen-bond donors (Lipinski definition) is 1. The maximum Gasteiger partial charge on any atom is 0.319 e. The van der Waals surface area contributed by atoms with Gasteiger partial charge < -0.3 is 20.0 Å². The van der Waals surface area contributed by atoms with Crippen LogP contribution < -0.4 is 5.32 Å². The zero-order valence-corrected chi connectivity index (χ0v) is 27.1. The van der Waals surface area contributed by atoms with E-state index in [9.17, 15) is 9.59 Å². The Bertz CT molecular complexity index is 1180. The van der Waals surface area contributed by atoms with Crippen LogP contribution >= 0.6 is 11.6 Å². The number of urea groups is 1. The summed E-state index contributed by atoms with van der Waals surface area (Å²) in [5.41, 5.74) is 2.55. The van der Waals surface area contributed by atoms with Gasteiger partial charge in [-0.1, -0.05) is 80.3 Å². The predicted molar refractivity (Wildman–Crippen MR) is 175 cm³/mol. The average molecular weight is 607 g/mol. The number of nitrogens with zero attached hydrogens (tertiary/aromatic N) is 3. The molecular formula is C36H51ClN4O2. The second-order valence-corrected chi connectivity index (χ2v) is 13.9. The fourth-order valence-corrected chi connectivity index (χ4v) is 7.93. The van der Waals surface area contributed by atoms with Gasteiger partial charge in [-0.05, 0) is 86.5 Å². The van der Waals surface area contributed by atoms with E-state index in [1.54, 1.807) is 4.90 Å². The molecule has 2 aromatic carbocycles. The second kappa shape index (κ2) is 14.9. The van der Waals surface area contributed by atoms with Gasteiger partial charge in [0.15, 0.2) is 0 Å². The number of amides is 3. The van der Waals surface area contributed by atoms with Crippen molar-refractivity contribution in [1.82, 2.24) is 20.0 Å². The van der Waals surface area contributed by atoms with Gasteiger partial charge in [0.25, 0.3) is 0 Å². The van der Waals surface area contributed by atoms with Gasteiger partial charge >= 0.3 is 6.03 Å². The fourth-order valence-electron chi connectivity index (χ4n) is 7.80. The Hall–Kier alpha value is -2.57. The molecule has 1 aliphatic heterocycles. The quantitative estimate of drug-likeness (QED) is 0.348. The number of likely N-dealkylation sites (tertiary alicyclic amines) is 1. The van der Waals surface area contributed by atoms with Gasteiger partial charge in [-0.3, -0.25) is 4.79 Å². The minimum atomic E-state index is -0.277. The zero-order valence-electron chi connectivity index (χ0n) is 26.4. The van der Waals surface area contributed by atoms with Crippen molar-refractivity contribution >= 4 is 23.5 Å². The molecule has 6 nitrogen and oxygen atoms in total. The smallest absolute Gasteiger partial charge is 0.319 e. The molecule has 2 aromatic rings. The van der Waals surface area contributed by atoms with Crippen molar-refractivity contribution in [1.29, 1.82) is 0 Å². The van der Waals surface area contributed by atoms with E-state index in [1.807, 2.05) is 38.4 Å². The first-order chi connectivity index (χ1) is 20.8. The monoisotopic (exact) mass is 606 g/mol. The number of piperidine rings is 1. The van der Waals surface area contributed by atoms with Crippen LogP contribution in [-0.2, 0) is 11.2 Å². The average Bonchev–Trinajstić information content (AvgIpc) is 3.03. The number of nitrogens with one attached hydrogen (secondary N) is 1. The highest BCUT2D eigenvalue weighted by Crippen LogP contribution is 2.34. The molecule has 2 unspecified atom stereocenters. The number of carbonyl (C=O) groups excluding carboxylic acids is 2. The SMILES string of the molecule is CC1CN(C(=O)[C@@H](Cc2ccc(Cl)cc2)NC2CCC(c3ccccc3)CC2)CCC1N(C(=O)N(C)C)C1CCCCC1. The maximum absolute atomic E-state index is 14.2. The highest BCUT2D eigenvalue weighted by atomic mass is 35.5. The van der Waals surface area contributed by atoms with E-state index in [-0.39, 0.29) is 29.9 Å². The summed E-state index contributed by atoms with van der Waals surface area (Å²) in [6.07, 6.45) is 11.7. The minimum absolute atomic E-state index is 0.122. The van der Waals surface area contributed by atoms with E-state index in [0.29, 0.717) is 42.5 Å². The summed E-state index contributed by atoms with van der Waals surface area (Å²) in [6.45, 7) is 3.61. The van der Waals surface area contributed by atoms with Crippen LogP contribution in [0.15, 0.2) is 54.6 Å². The Balaban J connectivity index is 1.26. The molecule has 3 aliphatic rings. The molecule has 0 radical (unpaired) electrons. The van der Waals surface area contributed by atoms with E-state index in [2.05, 4.69) is 52.4 Å². The maximum atomic E-state index is 14.2. The fraction of sp³-hybridized carbons (Fsp3) is 0.611. The van der Waals surface area contributed by atoms with Crippen molar-refractivity contribution in [3.8, 4) is 0 Å². The van der Waals surface area contributed by atoms with Gasteiger partial charge in [0.2, 0.25) is 5.91 Å². The van der Waals surface area contributed by atoms with Crippen molar-refractivity contribution in [2.75, 3.05) is 27.2 Å². The summed E-state index contributed by atoms with van der Waals surface area (Å²) >= 11 is 6.18. The Labute approximate surface area is 264 Å². The molecule has 1 N–H and O–H groups in total. The molecule has 43 heavy (non-hydrogen) atoms. The van der Waals surface area contributed by atoms with Gasteiger partial charge in [-0.15, -0.1) is 0 Å². The molecule has 2 saturated carbocycles. The topological polar surface area (TPSA) is 55.9 Å². The molecular weight excluding hydrogens is 556 g/mol. The van der Waals surface area contributed by atoms with Crippen LogP contribution in [0.2, 0.25) is 5.02 Å². The van der Waals surface area contributed by atoms with Crippen LogP contribution in [-0.4, -0.2) is 78.0 Å². The standard InChI is InChI=1S/C36H51ClN4O2/c1-26-25-40(23-22-34(26)41(36(43)39(2)3)32-12-8-5-9-13-32)35(42)33(24-27-14-18-30(37)19-15-27)38-31-20-16-29(17-21-31)28-10-6-4-7-11-28/h4,6-7,10-11,14-15,18-19,26,29,31-34,38H,5,8-9,12-13,16-17,20-25H2,1-3H3/t26?,29?,31?,33-,34?/m1/s1. The molecule has 3 amide bonds. The molecule has 0 spiro atoms. The summed E-state index contributed by atoms with van der Waals surface area (Å²) in [6, 6.07) is 19.4. The third kappa shape index (κ3) is 8.13. The molecule has 1 heterocycles. The lowest BCUT2D eigenvalue weighted by molar-refractivity contribution is -0.136. The number of rotatable bonds is 8. The van der Waals surface area contributed by atoms with Crippen LogP contribution in [0, 0.1) is 5.92 Å². The first-order valence-corrected chi connectivity index (χ1v) is 17.0. The Kier molecular flexibility index (Phi) is 11.1. The lowest BCUT2D eigenvalue weighted by Gasteiger charge is -2.48. The summed E-state index contributed by atoms with van der Waals surface area (Å²) in [7, 11) is 3.73. The van der Waals surface area contributed by atoms with Crippen molar-refractivity contribution < 1.29 is 9.59 Å². The number of hydrogen-bond acceptors (Lipinski definition) is 3. The first-order valence-electron chi connectivity index (χ1n) is 16.6. The first kappa shape index (κ1) is 31.8. The minimum Gasteiger partial charge on any atom is -0.341 e. The lowest BCUT2D eigenvalue weighted by atomic mass is 9.81. The summed E-state index contributed by atoms with van der Waals surface area (Å²) in [5, 5.41) is 4.54. The van der Waals surface area contributed by atoms with Gasteiger partial charge in [0, 0.05) is 50.3 Å². The highest BCUT2D eigenvalue weighted by molar-refractivity contribution is 6.30. The van der Waals surface area contributed by atoms with Crippen LogP contribution in [0.25, 0.3) is 0 Å². The molecule has 7 heteroatoms. The lowest BCUT2D eigenvalue weighted by Crippen LogP contribution is -2.60. The van der Waals surface area contributed by atoms with E-state index in [1.165, 1.54) is 24.8 Å². The van der Waals surface area contributed by atoms with Crippen molar-refractivity contribution in [3.63, 3.8) is 0 Å². The zero-order chi connectivity index (χ0) is 30.3. The van der Waals surface area contributed by atoms with Crippen LogP contribution in [0.1, 0.15) is 88.2 Å². The molecule has 3 fully saturated rings. The van der Waals surface area contributed by atoms with Gasteiger partial charge in [-0.2, -0.15) is 0 Å².